The second-order valence-electron chi connectivity index (χ2n) is 5.38. The number of imidazole rings is 1. The van der Waals surface area contributed by atoms with E-state index in [0.29, 0.717) is 22.3 Å². The Labute approximate surface area is 146 Å². The number of carbonyl (C=O) groups is 2. The third-order valence-electron chi connectivity index (χ3n) is 3.43. The molecule has 3 N–H and O–H groups in total. The molecule has 1 aromatic heterocycles. The normalized spacial score (nSPS) is 11.0. The number of halogens is 1. The van der Waals surface area contributed by atoms with Crippen molar-refractivity contribution in [2.75, 3.05) is 11.9 Å². The van der Waals surface area contributed by atoms with Gasteiger partial charge in [-0.15, -0.1) is 0 Å². The average Bonchev–Trinajstić information content (AvgIpc) is 2.99. The Morgan fingerprint density at radius 3 is 2.58 bits per heavy atom. The molecule has 0 radical (unpaired) electrons. The number of amides is 1. The third kappa shape index (κ3) is 4.44. The second kappa shape index (κ2) is 7.47. The van der Waals surface area contributed by atoms with Gasteiger partial charge in [-0.05, 0) is 42.0 Å². The molecule has 0 aliphatic heterocycles. The number of anilines is 1. The van der Waals surface area contributed by atoms with Crippen molar-refractivity contribution in [1.29, 1.82) is 0 Å². The zero-order valence-electron chi connectivity index (χ0n) is 13.4. The van der Waals surface area contributed by atoms with Gasteiger partial charge in [-0.2, -0.15) is 0 Å². The number of benzene rings is 2. The van der Waals surface area contributed by atoms with E-state index in [0.717, 1.165) is 6.08 Å². The standard InChI is InChI=1S/C18H14FN3O4/c19-12-4-1-11(2-5-12)3-8-17(24)26-10-16(23)20-13-6-7-14-15(9-13)22-18(25)21-14/h1-9H,10H2,(H,20,23)(H2,21,22,25)/b8-3+. The first kappa shape index (κ1) is 17.2. The summed E-state index contributed by atoms with van der Waals surface area (Å²) in [5.74, 6) is -1.59. The van der Waals surface area contributed by atoms with Crippen LogP contribution in [-0.4, -0.2) is 28.5 Å². The number of rotatable bonds is 5. The molecule has 3 aromatic rings. The van der Waals surface area contributed by atoms with Gasteiger partial charge in [0.25, 0.3) is 5.91 Å². The Hall–Kier alpha value is -3.68. The Bertz CT molecular complexity index is 1030. The number of carbonyl (C=O) groups excluding carboxylic acids is 2. The Balaban J connectivity index is 1.51. The van der Waals surface area contributed by atoms with Gasteiger partial charge in [-0.25, -0.2) is 14.0 Å². The molecule has 1 amide bonds. The summed E-state index contributed by atoms with van der Waals surface area (Å²) in [4.78, 5) is 39.8. The van der Waals surface area contributed by atoms with E-state index < -0.39 is 18.5 Å². The highest BCUT2D eigenvalue weighted by Gasteiger charge is 2.07. The number of hydrogen-bond acceptors (Lipinski definition) is 4. The summed E-state index contributed by atoms with van der Waals surface area (Å²) in [5, 5.41) is 2.56. The molecule has 7 nitrogen and oxygen atoms in total. The van der Waals surface area contributed by atoms with Gasteiger partial charge in [-0.1, -0.05) is 12.1 Å². The number of esters is 1. The maximum atomic E-state index is 12.8. The van der Waals surface area contributed by atoms with Crippen molar-refractivity contribution in [1.82, 2.24) is 9.97 Å². The summed E-state index contributed by atoms with van der Waals surface area (Å²) in [6.07, 6.45) is 2.60. The van der Waals surface area contributed by atoms with Crippen molar-refractivity contribution in [2.24, 2.45) is 0 Å². The van der Waals surface area contributed by atoms with Gasteiger partial charge < -0.3 is 20.0 Å². The molecule has 0 aliphatic rings. The average molecular weight is 355 g/mol. The maximum Gasteiger partial charge on any atom is 0.331 e. The summed E-state index contributed by atoms with van der Waals surface area (Å²) < 4.78 is 17.6. The number of aromatic nitrogens is 2. The highest BCUT2D eigenvalue weighted by atomic mass is 19.1. The minimum Gasteiger partial charge on any atom is -0.452 e. The SMILES string of the molecule is O=C(COC(=O)/C=C/c1ccc(F)cc1)Nc1ccc2[nH]c(=O)[nH]c2c1. The van der Waals surface area contributed by atoms with Crippen LogP contribution in [-0.2, 0) is 14.3 Å². The lowest BCUT2D eigenvalue weighted by atomic mass is 10.2. The number of fused-ring (bicyclic) bond motifs is 1. The fourth-order valence-electron chi connectivity index (χ4n) is 2.23. The van der Waals surface area contributed by atoms with E-state index >= 15 is 0 Å². The molecule has 2 aromatic carbocycles. The van der Waals surface area contributed by atoms with E-state index in [-0.39, 0.29) is 11.5 Å². The van der Waals surface area contributed by atoms with Crippen LogP contribution in [0.4, 0.5) is 10.1 Å². The lowest BCUT2D eigenvalue weighted by Gasteiger charge is -2.05. The molecule has 0 unspecified atom stereocenters. The molecule has 0 fully saturated rings. The van der Waals surface area contributed by atoms with Crippen LogP contribution >= 0.6 is 0 Å². The van der Waals surface area contributed by atoms with Crippen LogP contribution in [0, 0.1) is 5.82 Å². The molecule has 3 rings (SSSR count). The largest absolute Gasteiger partial charge is 0.452 e. The van der Waals surface area contributed by atoms with Crippen molar-refractivity contribution >= 4 is 34.7 Å². The van der Waals surface area contributed by atoms with Gasteiger partial charge >= 0.3 is 11.7 Å². The van der Waals surface area contributed by atoms with Gasteiger partial charge in [0.2, 0.25) is 0 Å². The van der Waals surface area contributed by atoms with E-state index in [4.69, 9.17) is 4.74 Å². The van der Waals surface area contributed by atoms with Crippen molar-refractivity contribution in [3.05, 3.63) is 70.4 Å². The molecule has 1 heterocycles. The van der Waals surface area contributed by atoms with Crippen LogP contribution in [0.3, 0.4) is 0 Å². The highest BCUT2D eigenvalue weighted by Crippen LogP contribution is 2.14. The molecular formula is C18H14FN3O4. The number of H-pyrrole nitrogens is 2. The van der Waals surface area contributed by atoms with Crippen LogP contribution in [0.2, 0.25) is 0 Å². The van der Waals surface area contributed by atoms with Crippen molar-refractivity contribution in [3.63, 3.8) is 0 Å². The molecule has 0 bridgehead atoms. The fourth-order valence-corrected chi connectivity index (χ4v) is 2.23. The number of nitrogens with one attached hydrogen (secondary N) is 3. The first-order valence-electron chi connectivity index (χ1n) is 7.62. The number of aromatic amines is 2. The molecule has 0 spiro atoms. The first-order chi connectivity index (χ1) is 12.5. The van der Waals surface area contributed by atoms with Crippen LogP contribution in [0.5, 0.6) is 0 Å². The molecule has 0 atom stereocenters. The topological polar surface area (TPSA) is 104 Å². The molecule has 26 heavy (non-hydrogen) atoms. The molecular weight excluding hydrogens is 341 g/mol. The first-order valence-corrected chi connectivity index (χ1v) is 7.62. The van der Waals surface area contributed by atoms with Gasteiger partial charge in [0, 0.05) is 11.8 Å². The van der Waals surface area contributed by atoms with Gasteiger partial charge in [0.1, 0.15) is 5.82 Å². The monoisotopic (exact) mass is 355 g/mol. The Morgan fingerprint density at radius 1 is 1.08 bits per heavy atom. The molecule has 8 heteroatoms. The smallest absolute Gasteiger partial charge is 0.331 e. The van der Waals surface area contributed by atoms with Gasteiger partial charge in [-0.3, -0.25) is 4.79 Å². The fraction of sp³-hybridized carbons (Fsp3) is 0.0556. The number of hydrogen-bond donors (Lipinski definition) is 3. The van der Waals surface area contributed by atoms with Crippen molar-refractivity contribution in [2.45, 2.75) is 0 Å². The van der Waals surface area contributed by atoms with E-state index in [1.54, 1.807) is 18.2 Å². The van der Waals surface area contributed by atoms with Crippen LogP contribution in [0.1, 0.15) is 5.56 Å². The molecule has 0 saturated carbocycles. The summed E-state index contributed by atoms with van der Waals surface area (Å²) in [5.41, 5.74) is 1.90. The minimum absolute atomic E-state index is 0.342. The van der Waals surface area contributed by atoms with E-state index in [1.165, 1.54) is 30.3 Å². The molecule has 0 aliphatic carbocycles. The zero-order chi connectivity index (χ0) is 18.5. The Morgan fingerprint density at radius 2 is 1.81 bits per heavy atom. The number of ether oxygens (including phenoxy) is 1. The van der Waals surface area contributed by atoms with Crippen molar-refractivity contribution in [3.8, 4) is 0 Å². The highest BCUT2D eigenvalue weighted by molar-refractivity contribution is 5.95. The summed E-state index contributed by atoms with van der Waals surface area (Å²) in [6, 6.07) is 10.4. The molecule has 132 valence electrons. The Kier molecular flexibility index (Phi) is 4.93. The van der Waals surface area contributed by atoms with Gasteiger partial charge in [0.05, 0.1) is 11.0 Å². The third-order valence-corrected chi connectivity index (χ3v) is 3.43. The summed E-state index contributed by atoms with van der Waals surface area (Å²) in [7, 11) is 0. The van der Waals surface area contributed by atoms with E-state index in [9.17, 15) is 18.8 Å². The second-order valence-corrected chi connectivity index (χ2v) is 5.38. The summed E-state index contributed by atoms with van der Waals surface area (Å²) in [6.45, 7) is -0.464. The maximum absolute atomic E-state index is 12.8. The predicted molar refractivity (Wildman–Crippen MR) is 93.9 cm³/mol. The lowest BCUT2D eigenvalue weighted by Crippen LogP contribution is -2.20. The molecule has 0 saturated heterocycles. The quantitative estimate of drug-likeness (QED) is 0.482. The zero-order valence-corrected chi connectivity index (χ0v) is 13.4. The van der Waals surface area contributed by atoms with Crippen LogP contribution in [0.25, 0.3) is 17.1 Å². The van der Waals surface area contributed by atoms with E-state index in [2.05, 4.69) is 15.3 Å². The summed E-state index contributed by atoms with van der Waals surface area (Å²) >= 11 is 0. The van der Waals surface area contributed by atoms with Crippen LogP contribution < -0.4 is 11.0 Å². The van der Waals surface area contributed by atoms with E-state index in [1.807, 2.05) is 0 Å². The minimum atomic E-state index is -0.699. The van der Waals surface area contributed by atoms with Gasteiger partial charge in [0.15, 0.2) is 6.61 Å². The van der Waals surface area contributed by atoms with Crippen LogP contribution in [0.15, 0.2) is 53.3 Å². The van der Waals surface area contributed by atoms with Crippen molar-refractivity contribution < 1.29 is 18.7 Å². The lowest BCUT2D eigenvalue weighted by molar-refractivity contribution is -0.142. The predicted octanol–water partition coefficient (Wildman–Crippen LogP) is 2.19.